The Bertz CT molecular complexity index is 615. The van der Waals surface area contributed by atoms with Crippen LogP contribution in [0.5, 0.6) is 0 Å². The molecule has 0 fully saturated rings. The molecule has 110 valence electrons. The number of benzene rings is 1. The molecule has 1 unspecified atom stereocenters. The molecule has 1 heterocycles. The number of aliphatic hydroxyl groups is 1. The number of imidazole rings is 1. The van der Waals surface area contributed by atoms with E-state index < -0.39 is 23.5 Å². The highest BCUT2D eigenvalue weighted by atomic mass is 35.5. The Labute approximate surface area is 122 Å². The number of nitrogens with one attached hydrogen (secondary N) is 1. The van der Waals surface area contributed by atoms with Gasteiger partial charge < -0.3 is 10.1 Å². The largest absolute Gasteiger partial charge is 0.424 e. The fourth-order valence-electron chi connectivity index (χ4n) is 1.92. The van der Waals surface area contributed by atoms with Crippen LogP contribution in [0.1, 0.15) is 19.7 Å². The van der Waals surface area contributed by atoms with E-state index in [4.69, 9.17) is 23.2 Å². The quantitative estimate of drug-likeness (QED) is 0.865. The molecule has 20 heavy (non-hydrogen) atoms. The molecule has 1 aromatic carbocycles. The predicted molar refractivity (Wildman–Crippen MR) is 70.9 cm³/mol. The molecular weight excluding hydrogens is 316 g/mol. The van der Waals surface area contributed by atoms with E-state index in [1.165, 1.54) is 26.0 Å². The summed E-state index contributed by atoms with van der Waals surface area (Å²) < 4.78 is 39.5. The van der Waals surface area contributed by atoms with Gasteiger partial charge in [-0.05, 0) is 18.1 Å². The van der Waals surface area contributed by atoms with E-state index >= 15 is 0 Å². The molecule has 8 heteroatoms. The predicted octanol–water partition coefficient (Wildman–Crippen LogP) is 4.28. The van der Waals surface area contributed by atoms with Crippen LogP contribution in [0.2, 0.25) is 10.0 Å². The molecule has 3 nitrogen and oxygen atoms in total. The van der Waals surface area contributed by atoms with Crippen LogP contribution in [0.15, 0.2) is 12.1 Å². The summed E-state index contributed by atoms with van der Waals surface area (Å²) in [7, 11) is 0. The van der Waals surface area contributed by atoms with Crippen LogP contribution in [-0.2, 0) is 5.60 Å². The first kappa shape index (κ1) is 15.4. The lowest BCUT2D eigenvalue weighted by atomic mass is 9.89. The Kier molecular flexibility index (Phi) is 3.69. The molecule has 0 aliphatic carbocycles. The first-order valence-corrected chi connectivity index (χ1v) is 6.47. The average Bonchev–Trinajstić information content (AvgIpc) is 2.69. The van der Waals surface area contributed by atoms with Gasteiger partial charge in [0.15, 0.2) is 0 Å². The van der Waals surface area contributed by atoms with Crippen molar-refractivity contribution in [3.8, 4) is 0 Å². The van der Waals surface area contributed by atoms with Crippen LogP contribution >= 0.6 is 23.2 Å². The van der Waals surface area contributed by atoms with Gasteiger partial charge in [-0.3, -0.25) is 0 Å². The Morgan fingerprint density at radius 3 is 2.25 bits per heavy atom. The lowest BCUT2D eigenvalue weighted by molar-refractivity contribution is -0.285. The third kappa shape index (κ3) is 2.25. The maximum atomic E-state index is 13.2. The van der Waals surface area contributed by atoms with Gasteiger partial charge in [-0.15, -0.1) is 0 Å². The Morgan fingerprint density at radius 2 is 1.75 bits per heavy atom. The van der Waals surface area contributed by atoms with E-state index in [2.05, 4.69) is 9.97 Å². The van der Waals surface area contributed by atoms with Gasteiger partial charge in [0, 0.05) is 0 Å². The monoisotopic (exact) mass is 326 g/mol. The second kappa shape index (κ2) is 4.79. The van der Waals surface area contributed by atoms with Crippen LogP contribution in [0.25, 0.3) is 11.0 Å². The third-order valence-electron chi connectivity index (χ3n) is 3.15. The van der Waals surface area contributed by atoms with Crippen molar-refractivity contribution in [1.29, 1.82) is 0 Å². The zero-order chi connectivity index (χ0) is 15.3. The second-order valence-corrected chi connectivity index (χ2v) is 5.60. The minimum Gasteiger partial charge on any atom is -0.374 e. The molecule has 0 radical (unpaired) electrons. The van der Waals surface area contributed by atoms with Crippen LogP contribution in [0, 0.1) is 5.92 Å². The zero-order valence-electron chi connectivity index (χ0n) is 10.5. The number of fused-ring (bicyclic) bond motifs is 1. The molecular formula is C12H11Cl2F3N2O. The SMILES string of the molecule is CC(C)C(O)(c1nc2cc(Cl)c(Cl)cc2[nH]1)C(F)(F)F. The molecule has 0 aliphatic rings. The van der Waals surface area contributed by atoms with E-state index in [-0.39, 0.29) is 21.1 Å². The van der Waals surface area contributed by atoms with E-state index in [0.717, 1.165) is 0 Å². The van der Waals surface area contributed by atoms with Gasteiger partial charge in [0.2, 0.25) is 5.60 Å². The minimum absolute atomic E-state index is 0.178. The summed E-state index contributed by atoms with van der Waals surface area (Å²) in [5.74, 6) is -1.69. The fraction of sp³-hybridized carbons (Fsp3) is 0.417. The Morgan fingerprint density at radius 1 is 1.20 bits per heavy atom. The molecule has 0 spiro atoms. The molecule has 2 N–H and O–H groups in total. The summed E-state index contributed by atoms with van der Waals surface area (Å²) in [4.78, 5) is 6.27. The first-order chi connectivity index (χ1) is 9.07. The molecule has 0 aliphatic heterocycles. The van der Waals surface area contributed by atoms with Gasteiger partial charge >= 0.3 is 6.18 Å². The number of H-pyrrole nitrogens is 1. The van der Waals surface area contributed by atoms with Crippen LogP contribution in [0.3, 0.4) is 0 Å². The normalized spacial score (nSPS) is 15.8. The number of aromatic nitrogens is 2. The summed E-state index contributed by atoms with van der Waals surface area (Å²) >= 11 is 11.6. The minimum atomic E-state index is -4.86. The van der Waals surface area contributed by atoms with Gasteiger partial charge in [0.05, 0.1) is 21.1 Å². The summed E-state index contributed by atoms with van der Waals surface area (Å²) in [6.45, 7) is 2.53. The Balaban J connectivity index is 2.67. The first-order valence-electron chi connectivity index (χ1n) is 5.71. The third-order valence-corrected chi connectivity index (χ3v) is 3.87. The van der Waals surface area contributed by atoms with Gasteiger partial charge in [0.1, 0.15) is 5.82 Å². The maximum absolute atomic E-state index is 13.2. The number of hydrogen-bond donors (Lipinski definition) is 2. The highest BCUT2D eigenvalue weighted by Crippen LogP contribution is 2.43. The number of rotatable bonds is 2. The molecule has 0 saturated carbocycles. The highest BCUT2D eigenvalue weighted by Gasteiger charge is 2.59. The Hall–Kier alpha value is -0.980. The number of halogens is 5. The van der Waals surface area contributed by atoms with Crippen molar-refractivity contribution in [2.75, 3.05) is 0 Å². The van der Waals surface area contributed by atoms with Crippen molar-refractivity contribution >= 4 is 34.2 Å². The topological polar surface area (TPSA) is 48.9 Å². The van der Waals surface area contributed by atoms with E-state index in [1.54, 1.807) is 0 Å². The zero-order valence-corrected chi connectivity index (χ0v) is 12.0. The van der Waals surface area contributed by atoms with Crippen molar-refractivity contribution in [3.63, 3.8) is 0 Å². The van der Waals surface area contributed by atoms with Gasteiger partial charge in [-0.2, -0.15) is 13.2 Å². The number of aromatic amines is 1. The number of hydrogen-bond acceptors (Lipinski definition) is 2. The maximum Gasteiger partial charge on any atom is 0.424 e. The summed E-state index contributed by atoms with van der Waals surface area (Å²) in [5.41, 5.74) is -2.58. The van der Waals surface area contributed by atoms with Crippen molar-refractivity contribution in [3.05, 3.63) is 28.0 Å². The lowest BCUT2D eigenvalue weighted by Gasteiger charge is -2.32. The lowest BCUT2D eigenvalue weighted by Crippen LogP contribution is -2.47. The summed E-state index contributed by atoms with van der Waals surface area (Å²) in [6, 6.07) is 2.71. The number of nitrogens with zero attached hydrogens (tertiary/aromatic N) is 1. The molecule has 0 bridgehead atoms. The van der Waals surface area contributed by atoms with Crippen LogP contribution in [0.4, 0.5) is 13.2 Å². The summed E-state index contributed by atoms with van der Waals surface area (Å²) in [5, 5.41) is 10.4. The highest BCUT2D eigenvalue weighted by molar-refractivity contribution is 6.42. The van der Waals surface area contributed by atoms with Crippen molar-refractivity contribution in [2.24, 2.45) is 5.92 Å². The molecule has 2 aromatic rings. The van der Waals surface area contributed by atoms with E-state index in [0.29, 0.717) is 0 Å². The standard InChI is InChI=1S/C12H11Cl2F3N2O/c1-5(2)11(20,12(15,16)17)10-18-8-3-6(13)7(14)4-9(8)19-10/h3-5,20H,1-2H3,(H,18,19). The van der Waals surface area contributed by atoms with Gasteiger partial charge in [-0.1, -0.05) is 37.0 Å². The van der Waals surface area contributed by atoms with Crippen LogP contribution < -0.4 is 0 Å². The van der Waals surface area contributed by atoms with E-state index in [1.807, 2.05) is 0 Å². The number of alkyl halides is 3. The molecule has 1 aromatic heterocycles. The average molecular weight is 327 g/mol. The smallest absolute Gasteiger partial charge is 0.374 e. The molecule has 0 amide bonds. The second-order valence-electron chi connectivity index (χ2n) is 4.79. The molecule has 2 rings (SSSR count). The van der Waals surface area contributed by atoms with Gasteiger partial charge in [-0.25, -0.2) is 4.98 Å². The van der Waals surface area contributed by atoms with Crippen LogP contribution in [-0.4, -0.2) is 21.3 Å². The van der Waals surface area contributed by atoms with E-state index in [9.17, 15) is 18.3 Å². The molecule has 0 saturated heterocycles. The van der Waals surface area contributed by atoms with Gasteiger partial charge in [0.25, 0.3) is 0 Å². The van der Waals surface area contributed by atoms with Crippen molar-refractivity contribution < 1.29 is 18.3 Å². The molecule has 1 atom stereocenters. The fourth-order valence-corrected chi connectivity index (χ4v) is 2.24. The summed E-state index contributed by atoms with van der Waals surface area (Å²) in [6.07, 6.45) is -4.86. The van der Waals surface area contributed by atoms with Crippen molar-refractivity contribution in [2.45, 2.75) is 25.6 Å². The van der Waals surface area contributed by atoms with Crippen molar-refractivity contribution in [1.82, 2.24) is 9.97 Å².